The van der Waals surface area contributed by atoms with Crippen molar-refractivity contribution in [1.82, 2.24) is 19.8 Å². The monoisotopic (exact) mass is 353 g/mol. The van der Waals surface area contributed by atoms with Gasteiger partial charge in [0, 0.05) is 37.9 Å². The van der Waals surface area contributed by atoms with E-state index >= 15 is 0 Å². The Morgan fingerprint density at radius 3 is 2.27 bits per heavy atom. The van der Waals surface area contributed by atoms with Gasteiger partial charge in [-0.3, -0.25) is 9.59 Å². The third kappa shape index (κ3) is 4.17. The molecule has 7 nitrogen and oxygen atoms in total. The predicted octanol–water partition coefficient (Wildman–Crippen LogP) is 2.06. The van der Waals surface area contributed by atoms with Crippen LogP contribution in [0.4, 0.5) is 11.5 Å². The minimum absolute atomic E-state index is 0.135. The van der Waals surface area contributed by atoms with Gasteiger partial charge in [0.1, 0.15) is 17.3 Å². The number of rotatable bonds is 4. The Morgan fingerprint density at radius 2 is 1.65 bits per heavy atom. The van der Waals surface area contributed by atoms with Crippen LogP contribution in [-0.2, 0) is 4.79 Å². The highest BCUT2D eigenvalue weighted by molar-refractivity contribution is 5.93. The number of hydrogen-bond acceptors (Lipinski definition) is 5. The minimum Gasteiger partial charge on any atom is -0.342 e. The average molecular weight is 353 g/mol. The highest BCUT2D eigenvalue weighted by Crippen LogP contribution is 2.19. The molecular weight excluding hydrogens is 330 g/mol. The molecule has 2 aromatic rings. The van der Waals surface area contributed by atoms with Crippen LogP contribution in [0.15, 0.2) is 24.3 Å². The van der Waals surface area contributed by atoms with E-state index in [0.717, 1.165) is 23.2 Å². The van der Waals surface area contributed by atoms with Gasteiger partial charge in [0.05, 0.1) is 0 Å². The predicted molar refractivity (Wildman–Crippen MR) is 99.5 cm³/mol. The smallest absolute Gasteiger partial charge is 0.272 e. The van der Waals surface area contributed by atoms with Gasteiger partial charge in [0.15, 0.2) is 0 Å². The van der Waals surface area contributed by atoms with Crippen molar-refractivity contribution in [3.8, 4) is 0 Å². The first-order valence-corrected chi connectivity index (χ1v) is 8.64. The van der Waals surface area contributed by atoms with E-state index in [4.69, 9.17) is 0 Å². The minimum atomic E-state index is -0.135. The van der Waals surface area contributed by atoms with Crippen molar-refractivity contribution in [2.75, 3.05) is 31.5 Å². The van der Waals surface area contributed by atoms with Crippen LogP contribution in [0.5, 0.6) is 0 Å². The number of carbonyl (C=O) groups excluding carboxylic acids is 2. The third-order valence-electron chi connectivity index (χ3n) is 4.30. The van der Waals surface area contributed by atoms with E-state index in [9.17, 15) is 9.59 Å². The number of nitrogens with zero attached hydrogens (tertiary/aromatic N) is 4. The maximum atomic E-state index is 12.8. The molecule has 136 valence electrons. The van der Waals surface area contributed by atoms with Crippen LogP contribution in [-0.4, -0.2) is 58.3 Å². The van der Waals surface area contributed by atoms with E-state index in [1.54, 1.807) is 22.8 Å². The molecule has 3 rings (SSSR count). The lowest BCUT2D eigenvalue weighted by atomic mass is 10.1. The van der Waals surface area contributed by atoms with Crippen molar-refractivity contribution in [2.24, 2.45) is 0 Å². The van der Waals surface area contributed by atoms with Crippen molar-refractivity contribution >= 4 is 23.8 Å². The summed E-state index contributed by atoms with van der Waals surface area (Å²) in [6.07, 6.45) is 0.822. The number of anilines is 2. The first-order valence-electron chi connectivity index (χ1n) is 8.64. The first-order chi connectivity index (χ1) is 12.4. The quantitative estimate of drug-likeness (QED) is 0.851. The third-order valence-corrected chi connectivity index (χ3v) is 4.30. The summed E-state index contributed by atoms with van der Waals surface area (Å²) in [5, 5.41) is 3.26. The number of hydrogen-bond donors (Lipinski definition) is 1. The van der Waals surface area contributed by atoms with E-state index in [2.05, 4.69) is 21.4 Å². The highest BCUT2D eigenvalue weighted by atomic mass is 16.2. The Labute approximate surface area is 153 Å². The molecule has 1 N–H and O–H groups in total. The van der Waals surface area contributed by atoms with Crippen LogP contribution in [0.2, 0.25) is 0 Å². The molecule has 1 fully saturated rings. The number of carbonyl (C=O) groups is 2. The molecule has 2 heterocycles. The number of benzene rings is 1. The van der Waals surface area contributed by atoms with Crippen LogP contribution >= 0.6 is 0 Å². The van der Waals surface area contributed by atoms with Gasteiger partial charge in [-0.05, 0) is 44.0 Å². The molecule has 0 aliphatic carbocycles. The SMILES string of the molecule is Cc1cc(C)cc(Nc2cc(C(=O)N3CCN(C=O)CC3)nc(C)n2)c1. The summed E-state index contributed by atoms with van der Waals surface area (Å²) >= 11 is 0. The topological polar surface area (TPSA) is 78.4 Å². The number of piperazine rings is 1. The summed E-state index contributed by atoms with van der Waals surface area (Å²) in [4.78, 5) is 35.7. The molecule has 2 amide bonds. The van der Waals surface area contributed by atoms with Gasteiger partial charge in [-0.25, -0.2) is 9.97 Å². The summed E-state index contributed by atoms with van der Waals surface area (Å²) < 4.78 is 0. The fourth-order valence-corrected chi connectivity index (χ4v) is 3.13. The second-order valence-corrected chi connectivity index (χ2v) is 6.62. The van der Waals surface area contributed by atoms with Crippen molar-refractivity contribution in [1.29, 1.82) is 0 Å². The van der Waals surface area contributed by atoms with Crippen molar-refractivity contribution in [2.45, 2.75) is 20.8 Å². The molecule has 0 unspecified atom stereocenters. The van der Waals surface area contributed by atoms with Crippen LogP contribution in [0.25, 0.3) is 0 Å². The summed E-state index contributed by atoms with van der Waals surface area (Å²) in [6.45, 7) is 7.98. The molecular formula is C19H23N5O2. The first kappa shape index (κ1) is 17.8. The fourth-order valence-electron chi connectivity index (χ4n) is 3.13. The molecule has 1 aliphatic rings. The second kappa shape index (κ2) is 7.51. The Hall–Kier alpha value is -2.96. The van der Waals surface area contributed by atoms with Crippen LogP contribution in [0, 0.1) is 20.8 Å². The van der Waals surface area contributed by atoms with Gasteiger partial charge >= 0.3 is 0 Å². The van der Waals surface area contributed by atoms with E-state index in [1.807, 2.05) is 26.0 Å². The van der Waals surface area contributed by atoms with Crippen LogP contribution in [0.1, 0.15) is 27.4 Å². The van der Waals surface area contributed by atoms with Gasteiger partial charge in [0.25, 0.3) is 5.91 Å². The zero-order valence-corrected chi connectivity index (χ0v) is 15.3. The fraction of sp³-hybridized carbons (Fsp3) is 0.368. The molecule has 26 heavy (non-hydrogen) atoms. The largest absolute Gasteiger partial charge is 0.342 e. The summed E-state index contributed by atoms with van der Waals surface area (Å²) in [6, 6.07) is 7.85. The lowest BCUT2D eigenvalue weighted by Crippen LogP contribution is -2.48. The zero-order chi connectivity index (χ0) is 18.7. The van der Waals surface area contributed by atoms with Crippen molar-refractivity contribution < 1.29 is 9.59 Å². The zero-order valence-electron chi connectivity index (χ0n) is 15.3. The molecule has 1 saturated heterocycles. The normalized spacial score (nSPS) is 14.3. The summed E-state index contributed by atoms with van der Waals surface area (Å²) in [5.74, 6) is 0.996. The standard InChI is InChI=1S/C19H23N5O2/c1-13-8-14(2)10-16(9-13)22-18-11-17(20-15(3)21-18)19(26)24-6-4-23(12-25)5-7-24/h8-12H,4-7H2,1-3H3,(H,20,21,22). The van der Waals surface area contributed by atoms with Crippen LogP contribution in [0.3, 0.4) is 0 Å². The van der Waals surface area contributed by atoms with Gasteiger partial charge < -0.3 is 15.1 Å². The number of amides is 2. The van der Waals surface area contributed by atoms with Gasteiger partial charge in [0.2, 0.25) is 6.41 Å². The van der Waals surface area contributed by atoms with Gasteiger partial charge in [-0.15, -0.1) is 0 Å². The van der Waals surface area contributed by atoms with E-state index < -0.39 is 0 Å². The second-order valence-electron chi connectivity index (χ2n) is 6.62. The maximum Gasteiger partial charge on any atom is 0.272 e. The Kier molecular flexibility index (Phi) is 5.16. The van der Waals surface area contributed by atoms with Crippen LogP contribution < -0.4 is 5.32 Å². The van der Waals surface area contributed by atoms with Crippen molar-refractivity contribution in [3.05, 3.63) is 46.9 Å². The molecule has 0 saturated carbocycles. The van der Waals surface area contributed by atoms with E-state index in [0.29, 0.717) is 43.5 Å². The molecule has 1 aromatic carbocycles. The summed E-state index contributed by atoms with van der Waals surface area (Å²) in [5.41, 5.74) is 3.60. The lowest BCUT2D eigenvalue weighted by molar-refractivity contribution is -0.119. The molecule has 0 spiro atoms. The highest BCUT2D eigenvalue weighted by Gasteiger charge is 2.23. The van der Waals surface area contributed by atoms with Gasteiger partial charge in [-0.1, -0.05) is 6.07 Å². The van der Waals surface area contributed by atoms with Gasteiger partial charge in [-0.2, -0.15) is 0 Å². The number of aromatic nitrogens is 2. The molecule has 7 heteroatoms. The maximum absolute atomic E-state index is 12.8. The Morgan fingerprint density at radius 1 is 1.00 bits per heavy atom. The summed E-state index contributed by atoms with van der Waals surface area (Å²) in [7, 11) is 0. The number of aryl methyl sites for hydroxylation is 3. The number of nitrogens with one attached hydrogen (secondary N) is 1. The molecule has 0 radical (unpaired) electrons. The Balaban J connectivity index is 1.79. The van der Waals surface area contributed by atoms with E-state index in [1.165, 1.54) is 0 Å². The lowest BCUT2D eigenvalue weighted by Gasteiger charge is -2.32. The van der Waals surface area contributed by atoms with Crippen molar-refractivity contribution in [3.63, 3.8) is 0 Å². The average Bonchev–Trinajstić information content (AvgIpc) is 2.60. The molecule has 0 bridgehead atoms. The molecule has 0 atom stereocenters. The molecule has 1 aliphatic heterocycles. The molecule has 1 aromatic heterocycles. The van der Waals surface area contributed by atoms with E-state index in [-0.39, 0.29) is 5.91 Å². The Bertz CT molecular complexity index is 808.